The second-order valence-corrected chi connectivity index (χ2v) is 8.56. The monoisotopic (exact) mass is 494 g/mol. The van der Waals surface area contributed by atoms with Gasteiger partial charge in [0.2, 0.25) is 0 Å². The maximum absolute atomic E-state index is 13.2. The predicted octanol–water partition coefficient (Wildman–Crippen LogP) is 5.73. The van der Waals surface area contributed by atoms with Crippen LogP contribution in [0.25, 0.3) is 21.5 Å². The topological polar surface area (TPSA) is 106 Å². The fraction of sp³-hybridized carbons (Fsp3) is 0.0833. The number of nitro groups is 1. The molecule has 0 fully saturated rings. The van der Waals surface area contributed by atoms with Crippen molar-refractivity contribution in [2.75, 3.05) is 0 Å². The van der Waals surface area contributed by atoms with Crippen molar-refractivity contribution in [3.8, 4) is 5.75 Å². The fourth-order valence-electron chi connectivity index (χ4n) is 3.93. The van der Waals surface area contributed by atoms with Crippen LogP contribution in [0.3, 0.4) is 0 Å². The Bertz CT molecular complexity index is 1440. The lowest BCUT2D eigenvalue weighted by molar-refractivity contribution is -0.385. The van der Waals surface area contributed by atoms with Gasteiger partial charge in [0.15, 0.2) is 0 Å². The van der Waals surface area contributed by atoms with Crippen LogP contribution in [0.2, 0.25) is 0 Å². The van der Waals surface area contributed by atoms with Crippen LogP contribution in [0.1, 0.15) is 22.2 Å². The number of hydrogen-bond acceptors (Lipinski definition) is 6. The van der Waals surface area contributed by atoms with Crippen molar-refractivity contribution in [2.24, 2.45) is 0 Å². The molecule has 0 radical (unpaired) electrons. The maximum Gasteiger partial charge on any atom is 0.387 e. The summed E-state index contributed by atoms with van der Waals surface area (Å²) in [6.07, 6.45) is 0. The van der Waals surface area contributed by atoms with E-state index in [1.165, 1.54) is 11.3 Å². The smallest absolute Gasteiger partial charge is 0.387 e. The van der Waals surface area contributed by atoms with E-state index >= 15 is 0 Å². The number of nitro benzene ring substituents is 1. The van der Waals surface area contributed by atoms with E-state index in [9.17, 15) is 23.7 Å². The molecular formula is C24H16F2N4O4S. The van der Waals surface area contributed by atoms with E-state index in [0.717, 1.165) is 22.9 Å². The van der Waals surface area contributed by atoms with E-state index in [1.54, 1.807) is 24.3 Å². The molecule has 5 rings (SSSR count). The summed E-state index contributed by atoms with van der Waals surface area (Å²) in [5, 5.41) is 17.5. The SMILES string of the molecule is O=C1NC(c2ccccc2)=C(c2nc3ccccc3s2)[C@H](c2cc([N+](=O)[O-])ccc2OC(F)F)N1. The zero-order valence-electron chi connectivity index (χ0n) is 17.8. The molecule has 0 bridgehead atoms. The number of ether oxygens (including phenoxy) is 1. The van der Waals surface area contributed by atoms with Crippen LogP contribution in [0, 0.1) is 10.1 Å². The first-order valence-electron chi connectivity index (χ1n) is 10.4. The molecule has 0 saturated heterocycles. The standard InChI is InChI=1S/C24H16F2N4O4S/c25-23(26)34-17-11-10-14(30(32)33)12-15(17)21-19(22-27-16-8-4-5-9-18(16)35-22)20(28-24(31)29-21)13-6-2-1-3-7-13/h1-12,21,23H,(H2,28,29,31)/t21-/m0/s1. The highest BCUT2D eigenvalue weighted by Gasteiger charge is 2.35. The number of non-ortho nitro benzene ring substituents is 1. The van der Waals surface area contributed by atoms with Gasteiger partial charge in [0, 0.05) is 23.3 Å². The number of alkyl halides is 2. The summed E-state index contributed by atoms with van der Waals surface area (Å²) in [5.41, 5.74) is 1.93. The van der Waals surface area contributed by atoms with Gasteiger partial charge < -0.3 is 15.4 Å². The lowest BCUT2D eigenvalue weighted by Gasteiger charge is -2.30. The number of carbonyl (C=O) groups excluding carboxylic acids is 1. The molecule has 1 aliphatic rings. The highest BCUT2D eigenvalue weighted by atomic mass is 32.1. The highest BCUT2D eigenvalue weighted by Crippen LogP contribution is 2.44. The average Bonchev–Trinajstić information content (AvgIpc) is 3.27. The number of halogens is 2. The van der Waals surface area contributed by atoms with Gasteiger partial charge in [-0.15, -0.1) is 11.3 Å². The van der Waals surface area contributed by atoms with Gasteiger partial charge in [-0.2, -0.15) is 8.78 Å². The first-order valence-corrected chi connectivity index (χ1v) is 11.2. The Kier molecular flexibility index (Phi) is 5.83. The van der Waals surface area contributed by atoms with E-state index in [2.05, 4.69) is 15.4 Å². The van der Waals surface area contributed by atoms with Gasteiger partial charge in [-0.05, 0) is 23.8 Å². The molecule has 2 heterocycles. The molecule has 11 heteroatoms. The number of para-hydroxylation sites is 1. The molecule has 35 heavy (non-hydrogen) atoms. The Balaban J connectivity index is 1.79. The third kappa shape index (κ3) is 4.41. The molecule has 0 unspecified atom stereocenters. The third-order valence-corrected chi connectivity index (χ3v) is 6.46. The van der Waals surface area contributed by atoms with Gasteiger partial charge in [0.25, 0.3) is 5.69 Å². The van der Waals surface area contributed by atoms with Gasteiger partial charge in [0.1, 0.15) is 10.8 Å². The summed E-state index contributed by atoms with van der Waals surface area (Å²) in [5.74, 6) is -0.288. The van der Waals surface area contributed by atoms with Gasteiger partial charge in [-0.25, -0.2) is 9.78 Å². The molecule has 0 saturated carbocycles. The van der Waals surface area contributed by atoms with E-state index in [0.29, 0.717) is 27.4 Å². The fourth-order valence-corrected chi connectivity index (χ4v) is 4.97. The minimum Gasteiger partial charge on any atom is -0.434 e. The molecule has 8 nitrogen and oxygen atoms in total. The molecule has 0 spiro atoms. The van der Waals surface area contributed by atoms with Crippen LogP contribution in [0.15, 0.2) is 72.8 Å². The molecule has 176 valence electrons. The minimum absolute atomic E-state index is 0.0111. The van der Waals surface area contributed by atoms with Gasteiger partial charge >= 0.3 is 12.6 Å². The molecule has 0 aliphatic carbocycles. The quantitative estimate of drug-likeness (QED) is 0.263. The van der Waals surface area contributed by atoms with Crippen molar-refractivity contribution >= 4 is 44.5 Å². The number of nitrogens with one attached hydrogen (secondary N) is 2. The number of carbonyl (C=O) groups is 1. The zero-order valence-corrected chi connectivity index (χ0v) is 18.6. The summed E-state index contributed by atoms with van der Waals surface area (Å²) in [6.45, 7) is -3.17. The van der Waals surface area contributed by atoms with Crippen molar-refractivity contribution in [2.45, 2.75) is 12.7 Å². The number of aromatic nitrogens is 1. The second-order valence-electron chi connectivity index (χ2n) is 7.53. The normalized spacial score (nSPS) is 15.7. The van der Waals surface area contributed by atoms with Crippen LogP contribution in [-0.4, -0.2) is 22.5 Å². The zero-order chi connectivity index (χ0) is 24.5. The molecule has 3 aromatic carbocycles. The van der Waals surface area contributed by atoms with Crippen LogP contribution in [-0.2, 0) is 0 Å². The van der Waals surface area contributed by atoms with Crippen molar-refractivity contribution in [3.63, 3.8) is 0 Å². The van der Waals surface area contributed by atoms with Crippen LogP contribution in [0.4, 0.5) is 19.3 Å². The molecular weight excluding hydrogens is 478 g/mol. The molecule has 2 amide bonds. The van der Waals surface area contributed by atoms with Crippen LogP contribution >= 0.6 is 11.3 Å². The Morgan fingerprint density at radius 3 is 2.51 bits per heavy atom. The van der Waals surface area contributed by atoms with E-state index in [1.807, 2.05) is 30.3 Å². The van der Waals surface area contributed by atoms with Gasteiger partial charge in [0.05, 0.1) is 26.9 Å². The van der Waals surface area contributed by atoms with Gasteiger partial charge in [-0.1, -0.05) is 42.5 Å². The van der Waals surface area contributed by atoms with Crippen molar-refractivity contribution < 1.29 is 23.2 Å². The Morgan fingerprint density at radius 2 is 1.80 bits per heavy atom. The lowest BCUT2D eigenvalue weighted by atomic mass is 9.92. The summed E-state index contributed by atoms with van der Waals surface area (Å²) < 4.78 is 32.0. The number of nitrogens with zero attached hydrogens (tertiary/aromatic N) is 2. The Labute approximate surface area is 201 Å². The number of amides is 2. The summed E-state index contributed by atoms with van der Waals surface area (Å²) in [4.78, 5) is 28.3. The first kappa shape index (κ1) is 22.4. The predicted molar refractivity (Wildman–Crippen MR) is 127 cm³/mol. The first-order chi connectivity index (χ1) is 16.9. The summed E-state index contributed by atoms with van der Waals surface area (Å²) >= 11 is 1.35. The van der Waals surface area contributed by atoms with Gasteiger partial charge in [-0.3, -0.25) is 10.1 Å². The van der Waals surface area contributed by atoms with E-state index in [-0.39, 0.29) is 17.0 Å². The molecule has 1 atom stereocenters. The lowest BCUT2D eigenvalue weighted by Crippen LogP contribution is -2.43. The molecule has 2 N–H and O–H groups in total. The number of hydrogen-bond donors (Lipinski definition) is 2. The highest BCUT2D eigenvalue weighted by molar-refractivity contribution is 7.19. The minimum atomic E-state index is -3.17. The van der Waals surface area contributed by atoms with E-state index in [4.69, 9.17) is 4.98 Å². The number of urea groups is 1. The molecule has 1 aliphatic heterocycles. The van der Waals surface area contributed by atoms with Crippen molar-refractivity contribution in [1.82, 2.24) is 15.6 Å². The van der Waals surface area contributed by atoms with E-state index < -0.39 is 23.6 Å². The molecule has 1 aromatic heterocycles. The van der Waals surface area contributed by atoms with Crippen molar-refractivity contribution in [3.05, 3.63) is 99.0 Å². The number of rotatable bonds is 6. The number of thiazole rings is 1. The maximum atomic E-state index is 13.2. The van der Waals surface area contributed by atoms with Crippen LogP contribution < -0.4 is 15.4 Å². The molecule has 4 aromatic rings. The number of fused-ring (bicyclic) bond motifs is 1. The Hall–Kier alpha value is -4.38. The summed E-state index contributed by atoms with van der Waals surface area (Å²) in [6, 6.07) is 18.0. The van der Waals surface area contributed by atoms with Crippen molar-refractivity contribution in [1.29, 1.82) is 0 Å². The largest absolute Gasteiger partial charge is 0.434 e. The number of benzene rings is 3. The second kappa shape index (κ2) is 9.11. The Morgan fingerprint density at radius 1 is 1.06 bits per heavy atom. The van der Waals surface area contributed by atoms with Crippen LogP contribution in [0.5, 0.6) is 5.75 Å². The summed E-state index contributed by atoms with van der Waals surface area (Å²) in [7, 11) is 0. The third-order valence-electron chi connectivity index (χ3n) is 5.39. The average molecular weight is 494 g/mol.